The summed E-state index contributed by atoms with van der Waals surface area (Å²) in [5, 5.41) is 12.1. The Bertz CT molecular complexity index is 688. The zero-order valence-corrected chi connectivity index (χ0v) is 12.2. The van der Waals surface area contributed by atoms with Crippen molar-refractivity contribution in [1.82, 2.24) is 5.32 Å². The van der Waals surface area contributed by atoms with E-state index in [1.54, 1.807) is 24.3 Å². The molecule has 22 heavy (non-hydrogen) atoms. The Balaban J connectivity index is 2.21. The summed E-state index contributed by atoms with van der Waals surface area (Å²) in [6.07, 6.45) is -0.284. The Morgan fingerprint density at radius 2 is 1.86 bits per heavy atom. The lowest BCUT2D eigenvalue weighted by Gasteiger charge is -2.17. The molecule has 2 aromatic carbocycles. The molecule has 0 aliphatic heterocycles. The fourth-order valence-corrected chi connectivity index (χ4v) is 2.19. The number of halogens is 2. The number of carbonyl (C=O) groups is 2. The number of amides is 1. The van der Waals surface area contributed by atoms with Gasteiger partial charge in [-0.3, -0.25) is 9.59 Å². The summed E-state index contributed by atoms with van der Waals surface area (Å²) in [7, 11) is 0. The van der Waals surface area contributed by atoms with E-state index in [0.29, 0.717) is 10.6 Å². The third-order valence-corrected chi connectivity index (χ3v) is 3.28. The molecular formula is C16H13ClFNO3. The van der Waals surface area contributed by atoms with Gasteiger partial charge in [-0.2, -0.15) is 0 Å². The number of hydrogen-bond donors (Lipinski definition) is 2. The van der Waals surface area contributed by atoms with Crippen molar-refractivity contribution in [2.75, 3.05) is 0 Å². The normalized spacial score (nSPS) is 11.7. The van der Waals surface area contributed by atoms with Gasteiger partial charge >= 0.3 is 5.97 Å². The molecule has 6 heteroatoms. The lowest BCUT2D eigenvalue weighted by atomic mass is 10.0. The lowest BCUT2D eigenvalue weighted by Crippen LogP contribution is -2.30. The maximum absolute atomic E-state index is 12.9. The molecule has 0 saturated carbocycles. The van der Waals surface area contributed by atoms with Crippen LogP contribution in [0.3, 0.4) is 0 Å². The summed E-state index contributed by atoms with van der Waals surface area (Å²) in [5.74, 6) is -1.98. The van der Waals surface area contributed by atoms with Gasteiger partial charge in [-0.25, -0.2) is 4.39 Å². The minimum absolute atomic E-state index is 0.249. The van der Waals surface area contributed by atoms with E-state index in [2.05, 4.69) is 5.32 Å². The van der Waals surface area contributed by atoms with E-state index in [-0.39, 0.29) is 12.0 Å². The summed E-state index contributed by atoms with van der Waals surface area (Å²) < 4.78 is 12.9. The molecule has 1 atom stereocenters. The fraction of sp³-hybridized carbons (Fsp3) is 0.125. The van der Waals surface area contributed by atoms with E-state index in [9.17, 15) is 14.0 Å². The second-order valence-corrected chi connectivity index (χ2v) is 5.12. The molecule has 1 unspecified atom stereocenters. The molecule has 0 fully saturated rings. The summed E-state index contributed by atoms with van der Waals surface area (Å²) in [6, 6.07) is 10.9. The van der Waals surface area contributed by atoms with Crippen LogP contribution in [0.4, 0.5) is 4.39 Å². The minimum atomic E-state index is -1.05. The van der Waals surface area contributed by atoms with Crippen LogP contribution in [0.5, 0.6) is 0 Å². The van der Waals surface area contributed by atoms with E-state index >= 15 is 0 Å². The zero-order valence-electron chi connectivity index (χ0n) is 11.4. The van der Waals surface area contributed by atoms with E-state index in [1.807, 2.05) is 0 Å². The topological polar surface area (TPSA) is 66.4 Å². The second kappa shape index (κ2) is 7.04. The van der Waals surface area contributed by atoms with Gasteiger partial charge in [-0.1, -0.05) is 23.7 Å². The van der Waals surface area contributed by atoms with Gasteiger partial charge in [0.1, 0.15) is 5.82 Å². The monoisotopic (exact) mass is 321 g/mol. The molecule has 0 radical (unpaired) electrons. The van der Waals surface area contributed by atoms with Gasteiger partial charge in [0.05, 0.1) is 12.5 Å². The number of carbonyl (C=O) groups excluding carboxylic acids is 1. The summed E-state index contributed by atoms with van der Waals surface area (Å²) in [6.45, 7) is 0. The SMILES string of the molecule is O=C(O)CC(NC(=O)c1ccc(F)cc1)c1cccc(Cl)c1. The summed E-state index contributed by atoms with van der Waals surface area (Å²) in [5.41, 5.74) is 0.837. The predicted molar refractivity (Wildman–Crippen MR) is 80.3 cm³/mol. The summed E-state index contributed by atoms with van der Waals surface area (Å²) >= 11 is 5.89. The molecule has 0 aliphatic carbocycles. The maximum atomic E-state index is 12.9. The summed E-state index contributed by atoms with van der Waals surface area (Å²) in [4.78, 5) is 23.1. The van der Waals surface area contributed by atoms with Gasteiger partial charge in [0, 0.05) is 10.6 Å². The third-order valence-electron chi connectivity index (χ3n) is 3.04. The predicted octanol–water partition coefficient (Wildman–Crippen LogP) is 3.42. The second-order valence-electron chi connectivity index (χ2n) is 4.69. The average molecular weight is 322 g/mol. The number of benzene rings is 2. The van der Waals surface area contributed by atoms with Crippen LogP contribution in [0, 0.1) is 5.82 Å². The lowest BCUT2D eigenvalue weighted by molar-refractivity contribution is -0.137. The highest BCUT2D eigenvalue weighted by Crippen LogP contribution is 2.21. The first-order valence-electron chi connectivity index (χ1n) is 6.49. The molecule has 2 rings (SSSR count). The van der Waals surface area contributed by atoms with Gasteiger partial charge < -0.3 is 10.4 Å². The smallest absolute Gasteiger partial charge is 0.305 e. The Morgan fingerprint density at radius 1 is 1.18 bits per heavy atom. The molecule has 2 aromatic rings. The number of carboxylic acid groups (broad SMARTS) is 1. The van der Waals surface area contributed by atoms with E-state index in [4.69, 9.17) is 16.7 Å². The highest BCUT2D eigenvalue weighted by molar-refractivity contribution is 6.30. The van der Waals surface area contributed by atoms with Crippen LogP contribution in [0.15, 0.2) is 48.5 Å². The first-order chi connectivity index (χ1) is 10.5. The number of hydrogen-bond acceptors (Lipinski definition) is 2. The van der Waals surface area contributed by atoms with Crippen molar-refractivity contribution in [3.05, 3.63) is 70.5 Å². The van der Waals surface area contributed by atoms with E-state index in [1.165, 1.54) is 24.3 Å². The fourth-order valence-electron chi connectivity index (χ4n) is 1.99. The van der Waals surface area contributed by atoms with Gasteiger partial charge in [0.25, 0.3) is 5.91 Å². The quantitative estimate of drug-likeness (QED) is 0.886. The highest BCUT2D eigenvalue weighted by Gasteiger charge is 2.19. The van der Waals surface area contributed by atoms with Crippen LogP contribution in [0.1, 0.15) is 28.4 Å². The third kappa shape index (κ3) is 4.30. The zero-order chi connectivity index (χ0) is 16.1. The molecule has 0 aromatic heterocycles. The molecule has 0 aliphatic rings. The van der Waals surface area contributed by atoms with E-state index < -0.39 is 23.7 Å². The molecule has 0 heterocycles. The highest BCUT2D eigenvalue weighted by atomic mass is 35.5. The van der Waals surface area contributed by atoms with Crippen LogP contribution in [0.2, 0.25) is 5.02 Å². The first kappa shape index (κ1) is 16.0. The Labute approximate surface area is 131 Å². The Hall–Kier alpha value is -2.40. The number of aliphatic carboxylic acids is 1. The number of nitrogens with one attached hydrogen (secondary N) is 1. The molecule has 114 valence electrons. The largest absolute Gasteiger partial charge is 0.481 e. The van der Waals surface area contributed by atoms with Gasteiger partial charge in [-0.05, 0) is 42.0 Å². The van der Waals surface area contributed by atoms with Crippen LogP contribution in [0.25, 0.3) is 0 Å². The Morgan fingerprint density at radius 3 is 2.45 bits per heavy atom. The van der Waals surface area contributed by atoms with Crippen molar-refractivity contribution < 1.29 is 19.1 Å². The van der Waals surface area contributed by atoms with Gasteiger partial charge in [0.2, 0.25) is 0 Å². The first-order valence-corrected chi connectivity index (χ1v) is 6.87. The molecule has 0 spiro atoms. The molecule has 2 N–H and O–H groups in total. The average Bonchev–Trinajstić information content (AvgIpc) is 2.46. The van der Waals surface area contributed by atoms with Crippen LogP contribution < -0.4 is 5.32 Å². The number of rotatable bonds is 5. The van der Waals surface area contributed by atoms with Crippen LogP contribution in [-0.2, 0) is 4.79 Å². The van der Waals surface area contributed by atoms with Crippen LogP contribution in [-0.4, -0.2) is 17.0 Å². The van der Waals surface area contributed by atoms with Crippen molar-refractivity contribution in [2.24, 2.45) is 0 Å². The van der Waals surface area contributed by atoms with Crippen molar-refractivity contribution in [1.29, 1.82) is 0 Å². The Kier molecular flexibility index (Phi) is 5.12. The molecular weight excluding hydrogens is 309 g/mol. The number of carboxylic acids is 1. The van der Waals surface area contributed by atoms with Crippen molar-refractivity contribution >= 4 is 23.5 Å². The standard InChI is InChI=1S/C16H13ClFNO3/c17-12-3-1-2-11(8-12)14(9-15(20)21)19-16(22)10-4-6-13(18)7-5-10/h1-8,14H,9H2,(H,19,22)(H,20,21). The van der Waals surface area contributed by atoms with Crippen molar-refractivity contribution in [3.8, 4) is 0 Å². The van der Waals surface area contributed by atoms with Crippen molar-refractivity contribution in [2.45, 2.75) is 12.5 Å². The van der Waals surface area contributed by atoms with E-state index in [0.717, 1.165) is 0 Å². The molecule has 4 nitrogen and oxygen atoms in total. The maximum Gasteiger partial charge on any atom is 0.305 e. The molecule has 1 amide bonds. The molecule has 0 bridgehead atoms. The van der Waals surface area contributed by atoms with Crippen LogP contribution >= 0.6 is 11.6 Å². The van der Waals surface area contributed by atoms with Crippen molar-refractivity contribution in [3.63, 3.8) is 0 Å². The van der Waals surface area contributed by atoms with Gasteiger partial charge in [0.15, 0.2) is 0 Å². The van der Waals surface area contributed by atoms with Gasteiger partial charge in [-0.15, -0.1) is 0 Å². The minimum Gasteiger partial charge on any atom is -0.481 e. The molecule has 0 saturated heterocycles.